The molecule has 0 heterocycles. The molecule has 19 heavy (non-hydrogen) atoms. The van der Waals surface area contributed by atoms with E-state index in [0.29, 0.717) is 29.3 Å². The number of methoxy groups -OCH3 is 1. The van der Waals surface area contributed by atoms with Gasteiger partial charge in [0.25, 0.3) is 0 Å². The summed E-state index contributed by atoms with van der Waals surface area (Å²) in [5, 5.41) is 12.1. The normalized spacial score (nSPS) is 10.6. The maximum Gasteiger partial charge on any atom is 0.224 e. The first-order valence-corrected chi connectivity index (χ1v) is 6.72. The van der Waals surface area contributed by atoms with Crippen LogP contribution in [-0.2, 0) is 11.4 Å². The van der Waals surface area contributed by atoms with Gasteiger partial charge in [0, 0.05) is 17.7 Å². The van der Waals surface area contributed by atoms with E-state index in [0.717, 1.165) is 12.8 Å². The number of aliphatic hydroxyl groups is 1. The third-order valence-electron chi connectivity index (χ3n) is 3.36. The Balaban J connectivity index is 2.69. The van der Waals surface area contributed by atoms with Gasteiger partial charge in [-0.15, -0.1) is 0 Å². The molecule has 0 unspecified atom stereocenters. The van der Waals surface area contributed by atoms with E-state index in [2.05, 4.69) is 19.2 Å². The molecule has 0 aliphatic carbocycles. The Bertz CT molecular complexity index is 414. The second-order valence-corrected chi connectivity index (χ2v) is 4.62. The molecule has 0 saturated heterocycles. The molecule has 1 aromatic rings. The fourth-order valence-corrected chi connectivity index (χ4v) is 2.03. The Labute approximate surface area is 114 Å². The number of carbonyl (C=O) groups excluding carboxylic acids is 1. The molecule has 1 aromatic carbocycles. The van der Waals surface area contributed by atoms with Crippen molar-refractivity contribution in [1.29, 1.82) is 0 Å². The van der Waals surface area contributed by atoms with Gasteiger partial charge in [0.05, 0.1) is 13.7 Å². The van der Waals surface area contributed by atoms with E-state index in [1.54, 1.807) is 25.3 Å². The zero-order chi connectivity index (χ0) is 14.3. The van der Waals surface area contributed by atoms with Crippen molar-refractivity contribution in [2.24, 2.45) is 5.92 Å². The number of benzene rings is 1. The number of amides is 1. The van der Waals surface area contributed by atoms with Gasteiger partial charge >= 0.3 is 0 Å². The molecule has 2 N–H and O–H groups in total. The van der Waals surface area contributed by atoms with Crippen molar-refractivity contribution in [3.8, 4) is 5.75 Å². The Morgan fingerprint density at radius 3 is 2.58 bits per heavy atom. The third kappa shape index (κ3) is 4.56. The second kappa shape index (κ2) is 7.79. The largest absolute Gasteiger partial charge is 0.496 e. The third-order valence-corrected chi connectivity index (χ3v) is 3.36. The molecular weight excluding hydrogens is 242 g/mol. The van der Waals surface area contributed by atoms with E-state index in [1.807, 2.05) is 0 Å². The minimum absolute atomic E-state index is 0.0164. The van der Waals surface area contributed by atoms with Crippen molar-refractivity contribution in [2.45, 2.75) is 39.7 Å². The molecule has 0 bridgehead atoms. The number of aliphatic hydroxyl groups excluding tert-OH is 1. The van der Waals surface area contributed by atoms with E-state index in [1.165, 1.54) is 0 Å². The van der Waals surface area contributed by atoms with Gasteiger partial charge in [-0.1, -0.05) is 26.7 Å². The van der Waals surface area contributed by atoms with Crippen LogP contribution in [0.15, 0.2) is 18.2 Å². The highest BCUT2D eigenvalue weighted by Crippen LogP contribution is 2.23. The number of carbonyl (C=O) groups is 1. The van der Waals surface area contributed by atoms with Gasteiger partial charge in [0.1, 0.15) is 5.75 Å². The van der Waals surface area contributed by atoms with Gasteiger partial charge in [-0.25, -0.2) is 0 Å². The van der Waals surface area contributed by atoms with E-state index in [-0.39, 0.29) is 12.5 Å². The molecule has 4 nitrogen and oxygen atoms in total. The quantitative estimate of drug-likeness (QED) is 0.797. The summed E-state index contributed by atoms with van der Waals surface area (Å²) >= 11 is 0. The van der Waals surface area contributed by atoms with Crippen molar-refractivity contribution >= 4 is 11.6 Å². The molecular formula is C15H23NO3. The molecule has 0 atom stereocenters. The standard InChI is InChI=1S/C15H23NO3/c1-4-11(5-2)8-15(18)16-13-6-7-14(19-3)12(9-13)10-17/h6-7,9,11,17H,4-5,8,10H2,1-3H3,(H,16,18). The molecule has 0 fully saturated rings. The predicted molar refractivity (Wildman–Crippen MR) is 76.2 cm³/mol. The molecule has 0 radical (unpaired) electrons. The first-order valence-electron chi connectivity index (χ1n) is 6.72. The van der Waals surface area contributed by atoms with Crippen LogP contribution in [0.2, 0.25) is 0 Å². The van der Waals surface area contributed by atoms with E-state index in [9.17, 15) is 9.90 Å². The lowest BCUT2D eigenvalue weighted by molar-refractivity contribution is -0.117. The van der Waals surface area contributed by atoms with Crippen LogP contribution in [0, 0.1) is 5.92 Å². The van der Waals surface area contributed by atoms with Crippen LogP contribution in [-0.4, -0.2) is 18.1 Å². The van der Waals surface area contributed by atoms with Crippen LogP contribution >= 0.6 is 0 Å². The van der Waals surface area contributed by atoms with Gasteiger partial charge in [-0.2, -0.15) is 0 Å². The molecule has 0 saturated carbocycles. The summed E-state index contributed by atoms with van der Waals surface area (Å²) in [4.78, 5) is 11.9. The van der Waals surface area contributed by atoms with Crippen LogP contribution in [0.3, 0.4) is 0 Å². The van der Waals surface area contributed by atoms with Crippen LogP contribution in [0.5, 0.6) is 5.75 Å². The molecule has 0 aliphatic heterocycles. The molecule has 4 heteroatoms. The zero-order valence-electron chi connectivity index (χ0n) is 11.9. The lowest BCUT2D eigenvalue weighted by Crippen LogP contribution is -2.16. The smallest absolute Gasteiger partial charge is 0.224 e. The number of anilines is 1. The topological polar surface area (TPSA) is 58.6 Å². The van der Waals surface area contributed by atoms with E-state index >= 15 is 0 Å². The van der Waals surface area contributed by atoms with Crippen molar-refractivity contribution in [3.05, 3.63) is 23.8 Å². The van der Waals surface area contributed by atoms with E-state index < -0.39 is 0 Å². The van der Waals surface area contributed by atoms with Crippen molar-refractivity contribution in [3.63, 3.8) is 0 Å². The molecule has 0 spiro atoms. The Kier molecular flexibility index (Phi) is 6.36. The van der Waals surface area contributed by atoms with Gasteiger partial charge in [-0.05, 0) is 24.1 Å². The van der Waals surface area contributed by atoms with Crippen molar-refractivity contribution in [1.82, 2.24) is 0 Å². The fraction of sp³-hybridized carbons (Fsp3) is 0.533. The summed E-state index contributed by atoms with van der Waals surface area (Å²) in [5.41, 5.74) is 1.36. The first kappa shape index (κ1) is 15.5. The Hall–Kier alpha value is -1.55. The molecule has 106 valence electrons. The van der Waals surface area contributed by atoms with Crippen LogP contribution in [0.1, 0.15) is 38.7 Å². The van der Waals surface area contributed by atoms with Crippen molar-refractivity contribution < 1.29 is 14.6 Å². The van der Waals surface area contributed by atoms with E-state index in [4.69, 9.17) is 4.74 Å². The number of ether oxygens (including phenoxy) is 1. The maximum absolute atomic E-state index is 11.9. The molecule has 1 amide bonds. The number of hydrogen-bond donors (Lipinski definition) is 2. The first-order chi connectivity index (χ1) is 9.14. The summed E-state index contributed by atoms with van der Waals surface area (Å²) in [7, 11) is 1.56. The predicted octanol–water partition coefficient (Wildman–Crippen LogP) is 2.95. The highest BCUT2D eigenvalue weighted by molar-refractivity contribution is 5.91. The number of rotatable bonds is 7. The van der Waals surface area contributed by atoms with Gasteiger partial charge in [-0.3, -0.25) is 4.79 Å². The minimum atomic E-state index is -0.112. The molecule has 1 rings (SSSR count). The average molecular weight is 265 g/mol. The van der Waals surface area contributed by atoms with Crippen molar-refractivity contribution in [2.75, 3.05) is 12.4 Å². The SMILES string of the molecule is CCC(CC)CC(=O)Nc1ccc(OC)c(CO)c1. The number of hydrogen-bond acceptors (Lipinski definition) is 3. The van der Waals surface area contributed by atoms with Gasteiger partial charge < -0.3 is 15.2 Å². The highest BCUT2D eigenvalue weighted by atomic mass is 16.5. The zero-order valence-corrected chi connectivity index (χ0v) is 11.9. The lowest BCUT2D eigenvalue weighted by atomic mass is 9.99. The summed E-state index contributed by atoms with van der Waals surface area (Å²) in [5.74, 6) is 1.07. The molecule has 0 aromatic heterocycles. The monoisotopic (exact) mass is 265 g/mol. The van der Waals surface area contributed by atoms with Crippen LogP contribution in [0.25, 0.3) is 0 Å². The Morgan fingerprint density at radius 1 is 1.37 bits per heavy atom. The minimum Gasteiger partial charge on any atom is -0.496 e. The van der Waals surface area contributed by atoms with Crippen LogP contribution in [0.4, 0.5) is 5.69 Å². The van der Waals surface area contributed by atoms with Gasteiger partial charge in [0.2, 0.25) is 5.91 Å². The molecule has 0 aliphatic rings. The summed E-state index contributed by atoms with van der Waals surface area (Å²) in [6.07, 6.45) is 2.55. The highest BCUT2D eigenvalue weighted by Gasteiger charge is 2.11. The van der Waals surface area contributed by atoms with Gasteiger partial charge in [0.15, 0.2) is 0 Å². The summed E-state index contributed by atoms with van der Waals surface area (Å²) in [6.45, 7) is 4.08. The number of nitrogens with one attached hydrogen (secondary N) is 1. The second-order valence-electron chi connectivity index (χ2n) is 4.62. The fourth-order valence-electron chi connectivity index (χ4n) is 2.03. The lowest BCUT2D eigenvalue weighted by Gasteiger charge is -2.13. The Morgan fingerprint density at radius 2 is 2.05 bits per heavy atom. The average Bonchev–Trinajstić information content (AvgIpc) is 2.44. The summed E-state index contributed by atoms with van der Waals surface area (Å²) < 4.78 is 5.12. The maximum atomic E-state index is 11.9. The summed E-state index contributed by atoms with van der Waals surface area (Å²) in [6, 6.07) is 5.27. The van der Waals surface area contributed by atoms with Crippen LogP contribution < -0.4 is 10.1 Å².